The van der Waals surface area contributed by atoms with Crippen molar-refractivity contribution in [1.29, 1.82) is 0 Å². The molecule has 30 heavy (non-hydrogen) atoms. The standard InChI is InChI=1S/C21H34N4O4S/c1-13(2)22-20(26)18-11-15(5)12-19(16(18)6)23-21(27)25-9-7-17(8-10-25)24-30(28,29)14(3)4/h11-14,17,24H,7-10H2,1-6H3,(H,22,26)(H,23,27). The molecule has 3 amide bonds. The maximum atomic E-state index is 12.8. The molecule has 0 aromatic heterocycles. The number of aryl methyl sites for hydroxylation is 1. The van der Waals surface area contributed by atoms with Gasteiger partial charge < -0.3 is 15.5 Å². The molecule has 8 nitrogen and oxygen atoms in total. The molecule has 1 aliphatic heterocycles. The van der Waals surface area contributed by atoms with Crippen LogP contribution in [0.3, 0.4) is 0 Å². The zero-order valence-corrected chi connectivity index (χ0v) is 19.5. The number of carbonyl (C=O) groups excluding carboxylic acids is 2. The first-order valence-corrected chi connectivity index (χ1v) is 11.9. The number of sulfonamides is 1. The molecule has 0 saturated carbocycles. The van der Waals surface area contributed by atoms with Crippen molar-refractivity contribution in [1.82, 2.24) is 14.9 Å². The van der Waals surface area contributed by atoms with Crippen LogP contribution in [0.15, 0.2) is 12.1 Å². The van der Waals surface area contributed by atoms with Crippen molar-refractivity contribution in [2.45, 2.75) is 71.7 Å². The highest BCUT2D eigenvalue weighted by Gasteiger charge is 2.27. The van der Waals surface area contributed by atoms with Crippen LogP contribution in [0.5, 0.6) is 0 Å². The van der Waals surface area contributed by atoms with E-state index in [1.54, 1.807) is 18.7 Å². The van der Waals surface area contributed by atoms with Gasteiger partial charge in [0.05, 0.1) is 5.25 Å². The lowest BCUT2D eigenvalue weighted by molar-refractivity contribution is 0.0942. The van der Waals surface area contributed by atoms with Gasteiger partial charge in [-0.2, -0.15) is 0 Å². The molecule has 9 heteroatoms. The van der Waals surface area contributed by atoms with Crippen molar-refractivity contribution in [2.24, 2.45) is 0 Å². The molecule has 0 unspecified atom stereocenters. The lowest BCUT2D eigenvalue weighted by atomic mass is 10.0. The Morgan fingerprint density at radius 3 is 2.20 bits per heavy atom. The Kier molecular flexibility index (Phi) is 7.87. The van der Waals surface area contributed by atoms with E-state index in [0.717, 1.165) is 5.56 Å². The first kappa shape index (κ1) is 24.1. The van der Waals surface area contributed by atoms with Gasteiger partial charge in [-0.25, -0.2) is 17.9 Å². The van der Waals surface area contributed by atoms with Crippen LogP contribution in [0.25, 0.3) is 0 Å². The Labute approximate surface area is 179 Å². The number of carbonyl (C=O) groups is 2. The molecule has 1 aromatic rings. The molecule has 168 valence electrons. The highest BCUT2D eigenvalue weighted by Crippen LogP contribution is 2.23. The first-order valence-electron chi connectivity index (χ1n) is 10.4. The van der Waals surface area contributed by atoms with E-state index in [1.807, 2.05) is 39.8 Å². The Hall–Kier alpha value is -2.13. The lowest BCUT2D eigenvalue weighted by Crippen LogP contribution is -2.48. The van der Waals surface area contributed by atoms with E-state index in [2.05, 4.69) is 15.4 Å². The Bertz CT molecular complexity index is 889. The second-order valence-corrected chi connectivity index (χ2v) is 10.8. The van der Waals surface area contributed by atoms with Crippen LogP contribution in [0.2, 0.25) is 0 Å². The van der Waals surface area contributed by atoms with Gasteiger partial charge >= 0.3 is 6.03 Å². The van der Waals surface area contributed by atoms with E-state index >= 15 is 0 Å². The summed E-state index contributed by atoms with van der Waals surface area (Å²) in [5, 5.41) is 5.32. The van der Waals surface area contributed by atoms with Gasteiger partial charge in [-0.15, -0.1) is 0 Å². The van der Waals surface area contributed by atoms with Crippen molar-refractivity contribution in [3.63, 3.8) is 0 Å². The quantitative estimate of drug-likeness (QED) is 0.635. The first-order chi connectivity index (χ1) is 13.9. The zero-order chi connectivity index (χ0) is 22.6. The van der Waals surface area contributed by atoms with Crippen LogP contribution in [0, 0.1) is 13.8 Å². The van der Waals surface area contributed by atoms with Crippen LogP contribution >= 0.6 is 0 Å². The molecule has 0 radical (unpaired) electrons. The number of anilines is 1. The third-order valence-electron chi connectivity index (χ3n) is 5.19. The van der Waals surface area contributed by atoms with E-state index in [4.69, 9.17) is 0 Å². The van der Waals surface area contributed by atoms with Crippen LogP contribution in [0.1, 0.15) is 62.0 Å². The maximum absolute atomic E-state index is 12.8. The molecular formula is C21H34N4O4S. The van der Waals surface area contributed by atoms with Gasteiger partial charge in [0.15, 0.2) is 0 Å². The number of urea groups is 1. The molecule has 1 heterocycles. The summed E-state index contributed by atoms with van der Waals surface area (Å²) in [6.45, 7) is 11.7. The molecule has 1 saturated heterocycles. The number of amides is 3. The van der Waals surface area contributed by atoms with Crippen molar-refractivity contribution < 1.29 is 18.0 Å². The van der Waals surface area contributed by atoms with Gasteiger partial charge in [0.25, 0.3) is 5.91 Å². The Balaban J connectivity index is 2.04. The van der Waals surface area contributed by atoms with E-state index in [9.17, 15) is 18.0 Å². The third kappa shape index (κ3) is 6.18. The lowest BCUT2D eigenvalue weighted by Gasteiger charge is -2.32. The minimum absolute atomic E-state index is 0.0184. The maximum Gasteiger partial charge on any atom is 0.321 e. The topological polar surface area (TPSA) is 108 Å². The highest BCUT2D eigenvalue weighted by atomic mass is 32.2. The Morgan fingerprint density at radius 2 is 1.67 bits per heavy atom. The number of hydrogen-bond acceptors (Lipinski definition) is 4. The SMILES string of the molecule is Cc1cc(NC(=O)N2CCC(NS(=O)(=O)C(C)C)CC2)c(C)c(C(=O)NC(C)C)c1. The average molecular weight is 439 g/mol. The molecule has 1 fully saturated rings. The Morgan fingerprint density at radius 1 is 1.07 bits per heavy atom. The van der Waals surface area contributed by atoms with Crippen LogP contribution < -0.4 is 15.4 Å². The third-order valence-corrected chi connectivity index (χ3v) is 7.09. The van der Waals surface area contributed by atoms with Crippen LogP contribution in [0.4, 0.5) is 10.5 Å². The number of piperidine rings is 1. The van der Waals surface area contributed by atoms with Gasteiger partial charge in [-0.05, 0) is 77.6 Å². The number of hydrogen-bond donors (Lipinski definition) is 3. The fourth-order valence-corrected chi connectivity index (χ4v) is 4.30. The van der Waals surface area contributed by atoms with Gasteiger partial charge in [-0.3, -0.25) is 4.79 Å². The molecule has 0 bridgehead atoms. The van der Waals surface area contributed by atoms with E-state index in [0.29, 0.717) is 42.7 Å². The zero-order valence-electron chi connectivity index (χ0n) is 18.7. The fourth-order valence-electron chi connectivity index (χ4n) is 3.33. The number of benzene rings is 1. The molecule has 0 atom stereocenters. The summed E-state index contributed by atoms with van der Waals surface area (Å²) in [4.78, 5) is 26.9. The highest BCUT2D eigenvalue weighted by molar-refractivity contribution is 7.90. The predicted octanol–water partition coefficient (Wildman–Crippen LogP) is 2.77. The average Bonchev–Trinajstić information content (AvgIpc) is 2.63. The smallest absolute Gasteiger partial charge is 0.321 e. The number of nitrogens with one attached hydrogen (secondary N) is 3. The molecule has 0 aliphatic carbocycles. The summed E-state index contributed by atoms with van der Waals surface area (Å²) in [7, 11) is -3.32. The van der Waals surface area contributed by atoms with Gasteiger partial charge in [0.2, 0.25) is 10.0 Å². The largest absolute Gasteiger partial charge is 0.350 e. The molecule has 0 spiro atoms. The minimum atomic E-state index is -3.32. The van der Waals surface area contributed by atoms with Crippen molar-refractivity contribution in [3.8, 4) is 0 Å². The summed E-state index contributed by atoms with van der Waals surface area (Å²) >= 11 is 0. The van der Waals surface area contributed by atoms with Crippen LogP contribution in [-0.4, -0.2) is 55.7 Å². The summed E-state index contributed by atoms with van der Waals surface area (Å²) in [5.41, 5.74) is 2.75. The van der Waals surface area contributed by atoms with Crippen molar-refractivity contribution >= 4 is 27.6 Å². The van der Waals surface area contributed by atoms with Crippen molar-refractivity contribution in [2.75, 3.05) is 18.4 Å². The second-order valence-electron chi connectivity index (χ2n) is 8.52. The fraction of sp³-hybridized carbons (Fsp3) is 0.619. The second kappa shape index (κ2) is 9.78. The molecular weight excluding hydrogens is 404 g/mol. The van der Waals surface area contributed by atoms with E-state index < -0.39 is 15.3 Å². The normalized spacial score (nSPS) is 15.5. The van der Waals surface area contributed by atoms with Gasteiger partial charge in [0, 0.05) is 36.4 Å². The van der Waals surface area contributed by atoms with Crippen molar-refractivity contribution in [3.05, 3.63) is 28.8 Å². The monoisotopic (exact) mass is 438 g/mol. The number of rotatable bonds is 6. The summed E-state index contributed by atoms with van der Waals surface area (Å²) < 4.78 is 26.8. The minimum Gasteiger partial charge on any atom is -0.350 e. The number of nitrogens with zero attached hydrogens (tertiary/aromatic N) is 1. The van der Waals surface area contributed by atoms with Gasteiger partial charge in [0.1, 0.15) is 0 Å². The number of likely N-dealkylation sites (tertiary alicyclic amines) is 1. The molecule has 3 N–H and O–H groups in total. The predicted molar refractivity (Wildman–Crippen MR) is 119 cm³/mol. The summed E-state index contributed by atoms with van der Waals surface area (Å²) in [5.74, 6) is -0.167. The molecule has 2 rings (SSSR count). The molecule has 1 aromatic carbocycles. The summed E-state index contributed by atoms with van der Waals surface area (Å²) in [6, 6.07) is 3.28. The van der Waals surface area contributed by atoms with Gasteiger partial charge in [-0.1, -0.05) is 0 Å². The molecule has 1 aliphatic rings. The van der Waals surface area contributed by atoms with Crippen LogP contribution in [-0.2, 0) is 10.0 Å². The summed E-state index contributed by atoms with van der Waals surface area (Å²) in [6.07, 6.45) is 1.13. The van der Waals surface area contributed by atoms with E-state index in [-0.39, 0.29) is 24.0 Å². The van der Waals surface area contributed by atoms with E-state index in [1.165, 1.54) is 0 Å².